The Morgan fingerprint density at radius 3 is 2.56 bits per heavy atom. The van der Waals surface area contributed by atoms with Gasteiger partial charge in [0.05, 0.1) is 11.0 Å². The Morgan fingerprint density at radius 1 is 1.00 bits per heavy atom. The van der Waals surface area contributed by atoms with Crippen molar-refractivity contribution in [2.75, 3.05) is 5.32 Å². The fourth-order valence-corrected chi connectivity index (χ4v) is 3.10. The third-order valence-corrected chi connectivity index (χ3v) is 4.56. The molecule has 4 aromatic rings. The van der Waals surface area contributed by atoms with Crippen molar-refractivity contribution < 1.29 is 4.79 Å². The van der Waals surface area contributed by atoms with Gasteiger partial charge in [-0.2, -0.15) is 0 Å². The van der Waals surface area contributed by atoms with E-state index < -0.39 is 0 Å². The summed E-state index contributed by atoms with van der Waals surface area (Å²) in [4.78, 5) is 20.1. The monoisotopic (exact) mass is 355 g/mol. The maximum atomic E-state index is 12.2. The Balaban J connectivity index is 1.41. The smallest absolute Gasteiger partial charge is 0.224 e. The lowest BCUT2D eigenvalue weighted by Gasteiger charge is -2.06. The summed E-state index contributed by atoms with van der Waals surface area (Å²) in [5.74, 6) is 0.850. The normalized spacial score (nSPS) is 10.9. The van der Waals surface area contributed by atoms with Crippen LogP contribution in [-0.2, 0) is 11.2 Å². The summed E-state index contributed by atoms with van der Waals surface area (Å²) in [5.41, 5.74) is 6.14. The Bertz CT molecular complexity index is 1070. The third-order valence-electron chi connectivity index (χ3n) is 4.56. The number of hydrogen-bond acceptors (Lipinski definition) is 2. The van der Waals surface area contributed by atoms with Gasteiger partial charge in [-0.3, -0.25) is 4.79 Å². The molecular formula is C23H21N3O. The molecule has 134 valence electrons. The Kier molecular flexibility index (Phi) is 4.71. The SMILES string of the molecule is Cc1ccc2nc(-c3ccc(NC(=O)CCc4ccccc4)cc3)[nH]c2c1. The Morgan fingerprint density at radius 2 is 1.78 bits per heavy atom. The Hall–Kier alpha value is -3.40. The minimum absolute atomic E-state index is 0.0193. The van der Waals surface area contributed by atoms with E-state index in [4.69, 9.17) is 0 Å². The first-order chi connectivity index (χ1) is 13.2. The molecule has 0 bridgehead atoms. The topological polar surface area (TPSA) is 57.8 Å². The van der Waals surface area contributed by atoms with E-state index in [0.717, 1.165) is 34.5 Å². The van der Waals surface area contributed by atoms with E-state index >= 15 is 0 Å². The highest BCUT2D eigenvalue weighted by Gasteiger charge is 2.07. The summed E-state index contributed by atoms with van der Waals surface area (Å²) >= 11 is 0. The number of benzene rings is 3. The lowest BCUT2D eigenvalue weighted by atomic mass is 10.1. The molecule has 0 aliphatic heterocycles. The number of fused-ring (bicyclic) bond motifs is 1. The van der Waals surface area contributed by atoms with Crippen molar-refractivity contribution in [2.45, 2.75) is 19.8 Å². The molecule has 4 nitrogen and oxygen atoms in total. The van der Waals surface area contributed by atoms with Crippen LogP contribution in [0.25, 0.3) is 22.4 Å². The number of aryl methyl sites for hydroxylation is 2. The zero-order valence-electron chi connectivity index (χ0n) is 15.2. The fraction of sp³-hybridized carbons (Fsp3) is 0.130. The van der Waals surface area contributed by atoms with Crippen molar-refractivity contribution in [1.82, 2.24) is 9.97 Å². The zero-order chi connectivity index (χ0) is 18.6. The minimum Gasteiger partial charge on any atom is -0.338 e. The predicted molar refractivity (Wildman–Crippen MR) is 110 cm³/mol. The van der Waals surface area contributed by atoms with Crippen molar-refractivity contribution in [3.05, 3.63) is 83.9 Å². The van der Waals surface area contributed by atoms with Crippen molar-refractivity contribution in [3.8, 4) is 11.4 Å². The summed E-state index contributed by atoms with van der Waals surface area (Å²) in [6, 6.07) is 24.0. The molecule has 4 rings (SSSR count). The molecule has 0 aliphatic rings. The molecule has 27 heavy (non-hydrogen) atoms. The number of nitrogens with one attached hydrogen (secondary N) is 2. The molecule has 0 saturated carbocycles. The largest absolute Gasteiger partial charge is 0.338 e. The fourth-order valence-electron chi connectivity index (χ4n) is 3.10. The summed E-state index contributed by atoms with van der Waals surface area (Å²) < 4.78 is 0. The first-order valence-electron chi connectivity index (χ1n) is 9.08. The van der Waals surface area contributed by atoms with E-state index in [0.29, 0.717) is 6.42 Å². The molecular weight excluding hydrogens is 334 g/mol. The van der Waals surface area contributed by atoms with Crippen LogP contribution in [0.5, 0.6) is 0 Å². The van der Waals surface area contributed by atoms with Crippen molar-refractivity contribution in [1.29, 1.82) is 0 Å². The van der Waals surface area contributed by atoms with E-state index in [-0.39, 0.29) is 5.91 Å². The van der Waals surface area contributed by atoms with Crippen molar-refractivity contribution in [3.63, 3.8) is 0 Å². The van der Waals surface area contributed by atoms with E-state index in [9.17, 15) is 4.79 Å². The highest BCUT2D eigenvalue weighted by atomic mass is 16.1. The average Bonchev–Trinajstić information content (AvgIpc) is 3.11. The molecule has 3 aromatic carbocycles. The summed E-state index contributed by atoms with van der Waals surface area (Å²) in [5, 5.41) is 2.96. The molecule has 1 amide bonds. The van der Waals surface area contributed by atoms with Crippen LogP contribution in [0.3, 0.4) is 0 Å². The van der Waals surface area contributed by atoms with E-state index in [1.165, 1.54) is 11.1 Å². The third kappa shape index (κ3) is 4.06. The van der Waals surface area contributed by atoms with Gasteiger partial charge in [-0.15, -0.1) is 0 Å². The molecule has 0 aliphatic carbocycles. The summed E-state index contributed by atoms with van der Waals surface area (Å²) in [7, 11) is 0. The second kappa shape index (κ2) is 7.46. The van der Waals surface area contributed by atoms with Crippen LogP contribution in [0.2, 0.25) is 0 Å². The predicted octanol–water partition coefficient (Wildman–Crippen LogP) is 5.11. The number of imidazole rings is 1. The van der Waals surface area contributed by atoms with Gasteiger partial charge in [0.2, 0.25) is 5.91 Å². The molecule has 1 heterocycles. The number of aromatic amines is 1. The number of rotatable bonds is 5. The van der Waals surface area contributed by atoms with Gasteiger partial charge in [0.1, 0.15) is 5.82 Å². The maximum absolute atomic E-state index is 12.2. The van der Waals surface area contributed by atoms with Crippen LogP contribution in [-0.4, -0.2) is 15.9 Å². The molecule has 2 N–H and O–H groups in total. The molecule has 1 aromatic heterocycles. The van der Waals surface area contributed by atoms with E-state index in [2.05, 4.69) is 34.3 Å². The lowest BCUT2D eigenvalue weighted by Crippen LogP contribution is -2.12. The van der Waals surface area contributed by atoms with Gasteiger partial charge in [-0.05, 0) is 60.9 Å². The number of aromatic nitrogens is 2. The summed E-state index contributed by atoms with van der Waals surface area (Å²) in [6.45, 7) is 2.06. The number of carbonyl (C=O) groups excluding carboxylic acids is 1. The van der Waals surface area contributed by atoms with Gasteiger partial charge in [0, 0.05) is 17.7 Å². The number of H-pyrrole nitrogens is 1. The van der Waals surface area contributed by atoms with Gasteiger partial charge in [-0.1, -0.05) is 36.4 Å². The minimum atomic E-state index is 0.0193. The second-order valence-corrected chi connectivity index (χ2v) is 6.72. The van der Waals surface area contributed by atoms with Crippen molar-refractivity contribution >= 4 is 22.6 Å². The van der Waals surface area contributed by atoms with Crippen LogP contribution < -0.4 is 5.32 Å². The number of hydrogen-bond donors (Lipinski definition) is 2. The standard InChI is InChI=1S/C23H21N3O/c1-16-7-13-20-21(15-16)26-23(25-20)18-9-11-19(12-10-18)24-22(27)14-8-17-5-3-2-4-6-17/h2-7,9-13,15H,8,14H2,1H3,(H,24,27)(H,25,26). The van der Waals surface area contributed by atoms with Gasteiger partial charge >= 0.3 is 0 Å². The molecule has 0 spiro atoms. The van der Waals surface area contributed by atoms with E-state index in [1.54, 1.807) is 0 Å². The van der Waals surface area contributed by atoms with Gasteiger partial charge in [0.25, 0.3) is 0 Å². The molecule has 0 radical (unpaired) electrons. The highest BCUT2D eigenvalue weighted by molar-refractivity contribution is 5.91. The first kappa shape index (κ1) is 17.0. The molecule has 0 atom stereocenters. The van der Waals surface area contributed by atoms with Gasteiger partial charge < -0.3 is 10.3 Å². The van der Waals surface area contributed by atoms with E-state index in [1.807, 2.05) is 60.7 Å². The van der Waals surface area contributed by atoms with Crippen LogP contribution >= 0.6 is 0 Å². The van der Waals surface area contributed by atoms with Crippen molar-refractivity contribution in [2.24, 2.45) is 0 Å². The maximum Gasteiger partial charge on any atom is 0.224 e. The number of anilines is 1. The molecule has 0 unspecified atom stereocenters. The number of carbonyl (C=O) groups is 1. The van der Waals surface area contributed by atoms with Gasteiger partial charge in [0.15, 0.2) is 0 Å². The first-order valence-corrected chi connectivity index (χ1v) is 9.08. The van der Waals surface area contributed by atoms with Crippen LogP contribution in [0.15, 0.2) is 72.8 Å². The number of nitrogens with zero attached hydrogens (tertiary/aromatic N) is 1. The highest BCUT2D eigenvalue weighted by Crippen LogP contribution is 2.23. The van der Waals surface area contributed by atoms with Crippen LogP contribution in [0, 0.1) is 6.92 Å². The van der Waals surface area contributed by atoms with Gasteiger partial charge in [-0.25, -0.2) is 4.98 Å². The Labute approximate surface area is 158 Å². The zero-order valence-corrected chi connectivity index (χ0v) is 15.2. The average molecular weight is 355 g/mol. The summed E-state index contributed by atoms with van der Waals surface area (Å²) in [6.07, 6.45) is 1.21. The molecule has 4 heteroatoms. The second-order valence-electron chi connectivity index (χ2n) is 6.72. The number of amides is 1. The van der Waals surface area contributed by atoms with Crippen LogP contribution in [0.1, 0.15) is 17.5 Å². The molecule has 0 fully saturated rings. The lowest BCUT2D eigenvalue weighted by molar-refractivity contribution is -0.116. The quantitative estimate of drug-likeness (QED) is 0.523. The molecule has 0 saturated heterocycles. The van der Waals surface area contributed by atoms with Crippen LogP contribution in [0.4, 0.5) is 5.69 Å².